The quantitative estimate of drug-likeness (QED) is 0.837. The summed E-state index contributed by atoms with van der Waals surface area (Å²) in [6.45, 7) is 1.94. The van der Waals surface area contributed by atoms with Crippen LogP contribution in [0.1, 0.15) is 26.3 Å². The number of rotatable bonds is 3. The van der Waals surface area contributed by atoms with E-state index >= 15 is 0 Å². The largest absolute Gasteiger partial charge is 0.322 e. The van der Waals surface area contributed by atoms with Crippen molar-refractivity contribution < 1.29 is 9.59 Å². The molecular weight excluding hydrogens is 226 g/mol. The Kier molecular flexibility index (Phi) is 3.53. The molecule has 0 aliphatic rings. The van der Waals surface area contributed by atoms with E-state index in [4.69, 9.17) is 0 Å². The molecule has 2 aromatic carbocycles. The van der Waals surface area contributed by atoms with Crippen LogP contribution in [-0.2, 0) is 0 Å². The molecule has 0 bridgehead atoms. The summed E-state index contributed by atoms with van der Waals surface area (Å²) in [5, 5.41) is 2.78. The number of benzene rings is 2. The van der Waals surface area contributed by atoms with Crippen molar-refractivity contribution in [3.05, 3.63) is 65.2 Å². The minimum Gasteiger partial charge on any atom is -0.322 e. The Hall–Kier alpha value is -2.42. The molecule has 3 heteroatoms. The summed E-state index contributed by atoms with van der Waals surface area (Å²) in [6, 6.07) is 14.1. The number of carbonyl (C=O) groups excluding carboxylic acids is 2. The third-order valence-corrected chi connectivity index (χ3v) is 2.58. The van der Waals surface area contributed by atoms with Crippen molar-refractivity contribution in [2.45, 2.75) is 6.92 Å². The van der Waals surface area contributed by atoms with Crippen LogP contribution in [0.4, 0.5) is 5.69 Å². The molecule has 18 heavy (non-hydrogen) atoms. The van der Waals surface area contributed by atoms with Crippen LogP contribution in [0, 0.1) is 6.92 Å². The molecule has 0 aliphatic heterocycles. The van der Waals surface area contributed by atoms with Gasteiger partial charge in [0.1, 0.15) is 6.29 Å². The number of hydrogen-bond acceptors (Lipinski definition) is 2. The van der Waals surface area contributed by atoms with Crippen LogP contribution >= 0.6 is 0 Å². The minimum absolute atomic E-state index is 0.155. The van der Waals surface area contributed by atoms with Crippen LogP contribution < -0.4 is 5.32 Å². The first-order chi connectivity index (χ1) is 8.69. The molecule has 1 N–H and O–H groups in total. The van der Waals surface area contributed by atoms with Gasteiger partial charge in [-0.25, -0.2) is 0 Å². The summed E-state index contributed by atoms with van der Waals surface area (Å²) < 4.78 is 0. The summed E-state index contributed by atoms with van der Waals surface area (Å²) in [5.41, 5.74) is 2.92. The van der Waals surface area contributed by atoms with E-state index in [0.29, 0.717) is 16.8 Å². The third-order valence-electron chi connectivity index (χ3n) is 2.58. The number of aldehydes is 1. The number of amides is 1. The van der Waals surface area contributed by atoms with E-state index in [0.717, 1.165) is 11.8 Å². The molecule has 90 valence electrons. The average molecular weight is 239 g/mol. The predicted octanol–water partition coefficient (Wildman–Crippen LogP) is 3.06. The topological polar surface area (TPSA) is 46.2 Å². The molecule has 0 spiro atoms. The van der Waals surface area contributed by atoms with Crippen LogP contribution in [0.3, 0.4) is 0 Å². The second-order valence-electron chi connectivity index (χ2n) is 4.06. The van der Waals surface area contributed by atoms with Gasteiger partial charge >= 0.3 is 0 Å². The van der Waals surface area contributed by atoms with Gasteiger partial charge in [-0.05, 0) is 43.3 Å². The molecule has 2 rings (SSSR count). The lowest BCUT2D eigenvalue weighted by molar-refractivity contribution is 0.102. The molecule has 0 heterocycles. The van der Waals surface area contributed by atoms with Gasteiger partial charge in [-0.2, -0.15) is 0 Å². The van der Waals surface area contributed by atoms with E-state index in [2.05, 4.69) is 5.32 Å². The molecule has 0 radical (unpaired) electrons. The smallest absolute Gasteiger partial charge is 0.255 e. The van der Waals surface area contributed by atoms with Crippen molar-refractivity contribution in [1.29, 1.82) is 0 Å². The number of nitrogens with one attached hydrogen (secondary N) is 1. The molecule has 2 aromatic rings. The Morgan fingerprint density at radius 1 is 1.11 bits per heavy atom. The first-order valence-electron chi connectivity index (χ1n) is 5.62. The molecule has 0 fully saturated rings. The lowest BCUT2D eigenvalue weighted by Gasteiger charge is -2.05. The number of carbonyl (C=O) groups is 2. The summed E-state index contributed by atoms with van der Waals surface area (Å²) in [5.74, 6) is -0.155. The van der Waals surface area contributed by atoms with E-state index in [1.165, 1.54) is 0 Å². The Morgan fingerprint density at radius 2 is 1.83 bits per heavy atom. The number of aryl methyl sites for hydroxylation is 1. The van der Waals surface area contributed by atoms with Crippen LogP contribution in [0.5, 0.6) is 0 Å². The highest BCUT2D eigenvalue weighted by atomic mass is 16.1. The van der Waals surface area contributed by atoms with Crippen molar-refractivity contribution in [2.24, 2.45) is 0 Å². The molecule has 0 saturated carbocycles. The van der Waals surface area contributed by atoms with Gasteiger partial charge < -0.3 is 5.32 Å². The van der Waals surface area contributed by atoms with Crippen molar-refractivity contribution in [3.63, 3.8) is 0 Å². The molecular formula is C15H13NO2. The van der Waals surface area contributed by atoms with Gasteiger partial charge in [-0.15, -0.1) is 0 Å². The van der Waals surface area contributed by atoms with E-state index in [1.807, 2.05) is 25.1 Å². The zero-order valence-corrected chi connectivity index (χ0v) is 10.0. The molecule has 0 unspecified atom stereocenters. The third kappa shape index (κ3) is 2.83. The van der Waals surface area contributed by atoms with Crippen molar-refractivity contribution in [1.82, 2.24) is 0 Å². The molecule has 3 nitrogen and oxygen atoms in total. The van der Waals surface area contributed by atoms with Crippen molar-refractivity contribution in [3.8, 4) is 0 Å². The highest BCUT2D eigenvalue weighted by molar-refractivity contribution is 6.04. The Morgan fingerprint density at radius 3 is 2.44 bits per heavy atom. The van der Waals surface area contributed by atoms with Crippen molar-refractivity contribution in [2.75, 3.05) is 5.32 Å². The Bertz CT molecular complexity index is 573. The van der Waals surface area contributed by atoms with E-state index in [-0.39, 0.29) is 5.91 Å². The standard InChI is InChI=1S/C15H13NO2/c1-11-3-2-4-13(9-11)15(18)16-14-7-5-12(10-17)6-8-14/h2-10H,1H3,(H,16,18). The highest BCUT2D eigenvalue weighted by Crippen LogP contribution is 2.11. The zero-order valence-electron chi connectivity index (χ0n) is 10.0. The van der Waals surface area contributed by atoms with Crippen molar-refractivity contribution >= 4 is 17.9 Å². The van der Waals surface area contributed by atoms with Crippen LogP contribution in [0.25, 0.3) is 0 Å². The fourth-order valence-electron chi connectivity index (χ4n) is 1.63. The lowest BCUT2D eigenvalue weighted by Crippen LogP contribution is -2.11. The molecule has 0 saturated heterocycles. The number of anilines is 1. The Balaban J connectivity index is 2.13. The lowest BCUT2D eigenvalue weighted by atomic mass is 10.1. The van der Waals surface area contributed by atoms with Gasteiger partial charge in [0.05, 0.1) is 0 Å². The van der Waals surface area contributed by atoms with Gasteiger partial charge in [0.15, 0.2) is 0 Å². The first kappa shape index (κ1) is 12.0. The second-order valence-corrected chi connectivity index (χ2v) is 4.06. The summed E-state index contributed by atoms with van der Waals surface area (Å²) >= 11 is 0. The average Bonchev–Trinajstić information content (AvgIpc) is 2.39. The maximum absolute atomic E-state index is 11.9. The first-order valence-corrected chi connectivity index (χ1v) is 5.62. The Labute approximate surface area is 105 Å². The maximum Gasteiger partial charge on any atom is 0.255 e. The van der Waals surface area contributed by atoms with Crippen LogP contribution in [0.15, 0.2) is 48.5 Å². The fourth-order valence-corrected chi connectivity index (χ4v) is 1.63. The van der Waals surface area contributed by atoms with Gasteiger partial charge in [-0.1, -0.05) is 17.7 Å². The van der Waals surface area contributed by atoms with Crippen LogP contribution in [0.2, 0.25) is 0 Å². The van der Waals surface area contributed by atoms with E-state index in [9.17, 15) is 9.59 Å². The zero-order chi connectivity index (χ0) is 13.0. The minimum atomic E-state index is -0.155. The summed E-state index contributed by atoms with van der Waals surface area (Å²) in [4.78, 5) is 22.5. The monoisotopic (exact) mass is 239 g/mol. The van der Waals surface area contributed by atoms with Gasteiger partial charge in [0.2, 0.25) is 0 Å². The molecule has 0 aliphatic carbocycles. The summed E-state index contributed by atoms with van der Waals surface area (Å²) in [7, 11) is 0. The SMILES string of the molecule is Cc1cccc(C(=O)Nc2ccc(C=O)cc2)c1. The number of hydrogen-bond donors (Lipinski definition) is 1. The van der Waals surface area contributed by atoms with E-state index < -0.39 is 0 Å². The predicted molar refractivity (Wildman–Crippen MR) is 71.0 cm³/mol. The highest BCUT2D eigenvalue weighted by Gasteiger charge is 2.05. The summed E-state index contributed by atoms with van der Waals surface area (Å²) in [6.07, 6.45) is 0.770. The second kappa shape index (κ2) is 5.27. The fraction of sp³-hybridized carbons (Fsp3) is 0.0667. The van der Waals surface area contributed by atoms with Crippen LogP contribution in [-0.4, -0.2) is 12.2 Å². The van der Waals surface area contributed by atoms with Gasteiger partial charge in [-0.3, -0.25) is 9.59 Å². The maximum atomic E-state index is 11.9. The molecule has 0 atom stereocenters. The molecule has 1 amide bonds. The van der Waals surface area contributed by atoms with Gasteiger partial charge in [0.25, 0.3) is 5.91 Å². The van der Waals surface area contributed by atoms with Gasteiger partial charge in [0, 0.05) is 16.8 Å². The molecule has 0 aromatic heterocycles. The normalized spacial score (nSPS) is 9.83. The van der Waals surface area contributed by atoms with E-state index in [1.54, 1.807) is 30.3 Å².